The number of thiazole rings is 1. The first-order valence-electron chi connectivity index (χ1n) is 5.33. The highest BCUT2D eigenvalue weighted by molar-refractivity contribution is 7.11. The number of nitrogens with zero attached hydrogens (tertiary/aromatic N) is 2. The molecule has 1 aliphatic heterocycles. The number of carbonyl (C=O) groups excluding carboxylic acids is 1. The van der Waals surface area contributed by atoms with Crippen LogP contribution in [0.25, 0.3) is 0 Å². The topological polar surface area (TPSA) is 79.5 Å². The van der Waals surface area contributed by atoms with Gasteiger partial charge in [0.25, 0.3) is 0 Å². The molecule has 0 radical (unpaired) electrons. The second kappa shape index (κ2) is 5.01. The Hall–Kier alpha value is -0.820. The summed E-state index contributed by atoms with van der Waals surface area (Å²) in [5, 5.41) is 11.7. The molecule has 0 bridgehead atoms. The highest BCUT2D eigenvalue weighted by atomic mass is 32.1. The highest BCUT2D eigenvalue weighted by Crippen LogP contribution is 2.22. The number of Topliss-reactive ketones (excluding diaryl/α,β-unsaturated/α-hetero) is 1. The van der Waals surface area contributed by atoms with Gasteiger partial charge in [0.15, 0.2) is 11.4 Å². The molecule has 1 aromatic rings. The number of nitrogens with two attached hydrogens (primary N) is 1. The number of piperidine rings is 1. The minimum absolute atomic E-state index is 0.0285. The fraction of sp³-hybridized carbons (Fsp3) is 0.600. The first-order chi connectivity index (χ1) is 7.70. The predicted molar refractivity (Wildman–Crippen MR) is 61.0 cm³/mol. The molecule has 5 nitrogen and oxygen atoms in total. The van der Waals surface area contributed by atoms with E-state index in [1.807, 2.05) is 0 Å². The Morgan fingerprint density at radius 1 is 1.69 bits per heavy atom. The molecular weight excluding hydrogens is 226 g/mol. The third kappa shape index (κ3) is 2.30. The van der Waals surface area contributed by atoms with Crippen molar-refractivity contribution in [3.8, 4) is 0 Å². The fourth-order valence-electron chi connectivity index (χ4n) is 2.04. The molecule has 1 unspecified atom stereocenters. The number of likely N-dealkylation sites (tertiary alicyclic amines) is 1. The lowest BCUT2D eigenvalue weighted by Crippen LogP contribution is -2.53. The van der Waals surface area contributed by atoms with Crippen LogP contribution in [-0.2, 0) is 0 Å². The SMILES string of the molecule is NC(O)N1CCCC[C@H]1C(=O)c1nccs1. The van der Waals surface area contributed by atoms with Crippen LogP contribution in [0.5, 0.6) is 0 Å². The van der Waals surface area contributed by atoms with Gasteiger partial charge in [0.05, 0.1) is 6.04 Å². The fourth-order valence-corrected chi connectivity index (χ4v) is 2.66. The zero-order valence-corrected chi connectivity index (χ0v) is 9.69. The molecule has 0 spiro atoms. The number of aliphatic hydroxyl groups excluding tert-OH is 1. The molecule has 1 saturated heterocycles. The van der Waals surface area contributed by atoms with Crippen molar-refractivity contribution >= 4 is 17.1 Å². The van der Waals surface area contributed by atoms with Gasteiger partial charge in [-0.3, -0.25) is 15.4 Å². The van der Waals surface area contributed by atoms with Gasteiger partial charge in [0.1, 0.15) is 0 Å². The van der Waals surface area contributed by atoms with Crippen molar-refractivity contribution in [2.75, 3.05) is 6.54 Å². The van der Waals surface area contributed by atoms with Crippen LogP contribution in [0.4, 0.5) is 0 Å². The van der Waals surface area contributed by atoms with E-state index in [1.54, 1.807) is 16.5 Å². The summed E-state index contributed by atoms with van der Waals surface area (Å²) in [4.78, 5) is 17.8. The van der Waals surface area contributed by atoms with Crippen molar-refractivity contribution in [3.63, 3.8) is 0 Å². The van der Waals surface area contributed by atoms with Crippen LogP contribution >= 0.6 is 11.3 Å². The minimum Gasteiger partial charge on any atom is -0.365 e. The van der Waals surface area contributed by atoms with E-state index in [-0.39, 0.29) is 11.8 Å². The monoisotopic (exact) mass is 241 g/mol. The number of ketones is 1. The molecule has 0 saturated carbocycles. The van der Waals surface area contributed by atoms with Gasteiger partial charge in [0.2, 0.25) is 5.78 Å². The normalized spacial score (nSPS) is 24.2. The van der Waals surface area contributed by atoms with Crippen LogP contribution in [-0.4, -0.2) is 39.7 Å². The molecule has 1 aliphatic rings. The lowest BCUT2D eigenvalue weighted by Gasteiger charge is -2.35. The van der Waals surface area contributed by atoms with Crippen LogP contribution in [0.3, 0.4) is 0 Å². The number of aromatic nitrogens is 1. The molecular formula is C10H15N3O2S. The Balaban J connectivity index is 2.14. The van der Waals surface area contributed by atoms with Crippen molar-refractivity contribution in [1.82, 2.24) is 9.88 Å². The van der Waals surface area contributed by atoms with Gasteiger partial charge < -0.3 is 5.11 Å². The largest absolute Gasteiger partial charge is 0.365 e. The summed E-state index contributed by atoms with van der Waals surface area (Å²) in [6.07, 6.45) is 3.26. The van der Waals surface area contributed by atoms with E-state index in [1.165, 1.54) is 11.3 Å². The van der Waals surface area contributed by atoms with Crippen LogP contribution in [0.2, 0.25) is 0 Å². The maximum Gasteiger partial charge on any atom is 0.208 e. The lowest BCUT2D eigenvalue weighted by atomic mass is 9.99. The summed E-state index contributed by atoms with van der Waals surface area (Å²) in [5.74, 6) is -0.0285. The molecule has 0 aromatic carbocycles. The van der Waals surface area contributed by atoms with Gasteiger partial charge in [-0.2, -0.15) is 0 Å². The lowest BCUT2D eigenvalue weighted by molar-refractivity contribution is -0.0288. The molecule has 16 heavy (non-hydrogen) atoms. The van der Waals surface area contributed by atoms with Crippen LogP contribution in [0.1, 0.15) is 29.1 Å². The summed E-state index contributed by atoms with van der Waals surface area (Å²) in [6, 6.07) is -0.320. The summed E-state index contributed by atoms with van der Waals surface area (Å²) in [5.41, 5.74) is 5.46. The summed E-state index contributed by atoms with van der Waals surface area (Å²) < 4.78 is 0. The van der Waals surface area contributed by atoms with Crippen LogP contribution < -0.4 is 5.73 Å². The van der Waals surface area contributed by atoms with E-state index in [0.717, 1.165) is 19.3 Å². The summed E-state index contributed by atoms with van der Waals surface area (Å²) >= 11 is 1.33. The standard InChI is InChI=1S/C10H15N3O2S/c11-10(15)13-5-2-1-3-7(13)8(14)9-12-4-6-16-9/h4,6-7,10,15H,1-3,5,11H2/t7-,10?/m0/s1. The maximum absolute atomic E-state index is 12.1. The van der Waals surface area contributed by atoms with Gasteiger partial charge in [-0.25, -0.2) is 4.98 Å². The number of carbonyl (C=O) groups is 1. The van der Waals surface area contributed by atoms with Crippen molar-refractivity contribution in [2.24, 2.45) is 5.73 Å². The summed E-state index contributed by atoms with van der Waals surface area (Å²) in [6.45, 7) is 0.666. The van der Waals surface area contributed by atoms with Crippen molar-refractivity contribution in [2.45, 2.75) is 31.7 Å². The van der Waals surface area contributed by atoms with E-state index in [9.17, 15) is 9.90 Å². The number of rotatable bonds is 3. The number of hydrogen-bond donors (Lipinski definition) is 2. The second-order valence-corrected chi connectivity index (χ2v) is 4.76. The Morgan fingerprint density at radius 2 is 2.50 bits per heavy atom. The van der Waals surface area contributed by atoms with Gasteiger partial charge in [-0.1, -0.05) is 6.42 Å². The van der Waals surface area contributed by atoms with E-state index < -0.39 is 6.35 Å². The van der Waals surface area contributed by atoms with Gasteiger partial charge >= 0.3 is 0 Å². The Labute approximate surface area is 97.9 Å². The first kappa shape index (κ1) is 11.7. The minimum atomic E-state index is -1.06. The van der Waals surface area contributed by atoms with E-state index >= 15 is 0 Å². The molecule has 2 heterocycles. The Kier molecular flexibility index (Phi) is 3.65. The summed E-state index contributed by atoms with van der Waals surface area (Å²) in [7, 11) is 0. The average molecular weight is 241 g/mol. The predicted octanol–water partition coefficient (Wildman–Crippen LogP) is 0.415. The third-order valence-electron chi connectivity index (χ3n) is 2.83. The van der Waals surface area contributed by atoms with Crippen LogP contribution in [0.15, 0.2) is 11.6 Å². The average Bonchev–Trinajstić information content (AvgIpc) is 2.81. The van der Waals surface area contributed by atoms with Crippen molar-refractivity contribution < 1.29 is 9.90 Å². The molecule has 2 atom stereocenters. The van der Waals surface area contributed by atoms with Crippen LogP contribution in [0, 0.1) is 0 Å². The maximum atomic E-state index is 12.1. The van der Waals surface area contributed by atoms with E-state index in [2.05, 4.69) is 4.98 Å². The quantitative estimate of drug-likeness (QED) is 0.592. The number of aliphatic hydroxyl groups is 1. The molecule has 0 aliphatic carbocycles. The molecule has 1 aromatic heterocycles. The molecule has 3 N–H and O–H groups in total. The van der Waals surface area contributed by atoms with Gasteiger partial charge in [-0.05, 0) is 12.8 Å². The van der Waals surface area contributed by atoms with Gasteiger partial charge in [-0.15, -0.1) is 11.3 Å². The zero-order valence-electron chi connectivity index (χ0n) is 8.87. The second-order valence-electron chi connectivity index (χ2n) is 3.86. The molecule has 1 fully saturated rings. The highest BCUT2D eigenvalue weighted by Gasteiger charge is 2.32. The number of hydrogen-bond acceptors (Lipinski definition) is 6. The van der Waals surface area contributed by atoms with Crippen molar-refractivity contribution in [1.29, 1.82) is 0 Å². The van der Waals surface area contributed by atoms with E-state index in [4.69, 9.17) is 5.73 Å². The molecule has 2 rings (SSSR count). The zero-order chi connectivity index (χ0) is 11.5. The van der Waals surface area contributed by atoms with E-state index in [0.29, 0.717) is 11.6 Å². The molecule has 6 heteroatoms. The Morgan fingerprint density at radius 3 is 3.12 bits per heavy atom. The third-order valence-corrected chi connectivity index (χ3v) is 3.62. The Bertz CT molecular complexity index is 353. The van der Waals surface area contributed by atoms with Gasteiger partial charge in [0, 0.05) is 18.1 Å². The smallest absolute Gasteiger partial charge is 0.208 e. The van der Waals surface area contributed by atoms with Crippen molar-refractivity contribution in [3.05, 3.63) is 16.6 Å². The first-order valence-corrected chi connectivity index (χ1v) is 6.21. The molecule has 88 valence electrons. The molecule has 0 amide bonds.